The van der Waals surface area contributed by atoms with E-state index in [1.807, 2.05) is 0 Å². The van der Waals surface area contributed by atoms with Crippen molar-refractivity contribution in [3.05, 3.63) is 11.6 Å². The van der Waals surface area contributed by atoms with Crippen LogP contribution in [-0.2, 0) is 0 Å². The van der Waals surface area contributed by atoms with Gasteiger partial charge in [-0.3, -0.25) is 0 Å². The summed E-state index contributed by atoms with van der Waals surface area (Å²) in [7, 11) is 0. The van der Waals surface area contributed by atoms with Crippen LogP contribution in [0.1, 0.15) is 46.5 Å². The monoisotopic (exact) mass is 138 g/mol. The van der Waals surface area contributed by atoms with Crippen molar-refractivity contribution in [1.82, 2.24) is 0 Å². The summed E-state index contributed by atoms with van der Waals surface area (Å²) < 4.78 is 0. The van der Waals surface area contributed by atoms with E-state index in [1.54, 1.807) is 0 Å². The van der Waals surface area contributed by atoms with Crippen molar-refractivity contribution in [2.75, 3.05) is 0 Å². The SMILES string of the molecule is CCC1(CC=C(C)C)CC1. The molecule has 0 amide bonds. The second kappa shape index (κ2) is 2.77. The van der Waals surface area contributed by atoms with Crippen LogP contribution in [0.4, 0.5) is 0 Å². The highest BCUT2D eigenvalue weighted by Crippen LogP contribution is 2.51. The zero-order valence-electron chi connectivity index (χ0n) is 7.41. The molecule has 1 saturated carbocycles. The molecule has 0 bridgehead atoms. The quantitative estimate of drug-likeness (QED) is 0.523. The van der Waals surface area contributed by atoms with Crippen LogP contribution >= 0.6 is 0 Å². The summed E-state index contributed by atoms with van der Waals surface area (Å²) in [4.78, 5) is 0. The molecule has 0 N–H and O–H groups in total. The van der Waals surface area contributed by atoms with E-state index in [0.717, 1.165) is 5.41 Å². The minimum atomic E-state index is 0.747. The van der Waals surface area contributed by atoms with Gasteiger partial charge in [-0.2, -0.15) is 0 Å². The molecule has 1 aliphatic carbocycles. The summed E-state index contributed by atoms with van der Waals surface area (Å²) in [5, 5.41) is 0. The van der Waals surface area contributed by atoms with Crippen molar-refractivity contribution < 1.29 is 0 Å². The van der Waals surface area contributed by atoms with E-state index in [1.165, 1.54) is 31.3 Å². The van der Waals surface area contributed by atoms with E-state index in [2.05, 4.69) is 26.8 Å². The van der Waals surface area contributed by atoms with Crippen LogP contribution in [0.3, 0.4) is 0 Å². The van der Waals surface area contributed by atoms with Crippen LogP contribution in [0, 0.1) is 5.41 Å². The number of hydrogen-bond acceptors (Lipinski definition) is 0. The molecule has 0 aromatic heterocycles. The molecule has 0 saturated heterocycles. The van der Waals surface area contributed by atoms with E-state index >= 15 is 0 Å². The Labute approximate surface area is 64.3 Å². The van der Waals surface area contributed by atoms with Crippen molar-refractivity contribution in [3.8, 4) is 0 Å². The molecule has 0 aliphatic heterocycles. The molecule has 0 nitrogen and oxygen atoms in total. The van der Waals surface area contributed by atoms with Crippen LogP contribution in [-0.4, -0.2) is 0 Å². The molecule has 0 radical (unpaired) electrons. The number of hydrogen-bond donors (Lipinski definition) is 0. The molecule has 1 rings (SSSR count). The first kappa shape index (κ1) is 7.84. The normalized spacial score (nSPS) is 20.3. The van der Waals surface area contributed by atoms with E-state index in [4.69, 9.17) is 0 Å². The zero-order valence-corrected chi connectivity index (χ0v) is 7.41. The third-order valence-corrected chi connectivity index (χ3v) is 2.65. The lowest BCUT2D eigenvalue weighted by molar-refractivity contribution is 0.498. The summed E-state index contributed by atoms with van der Waals surface area (Å²) in [5.41, 5.74) is 2.22. The molecular weight excluding hydrogens is 120 g/mol. The fourth-order valence-electron chi connectivity index (χ4n) is 1.30. The van der Waals surface area contributed by atoms with Gasteiger partial charge >= 0.3 is 0 Å². The maximum absolute atomic E-state index is 2.39. The third kappa shape index (κ3) is 1.86. The second-order valence-electron chi connectivity index (χ2n) is 3.84. The highest BCUT2D eigenvalue weighted by atomic mass is 14.4. The highest BCUT2D eigenvalue weighted by molar-refractivity contribution is 5.02. The van der Waals surface area contributed by atoms with Gasteiger partial charge in [0.25, 0.3) is 0 Å². The van der Waals surface area contributed by atoms with Crippen LogP contribution in [0.5, 0.6) is 0 Å². The second-order valence-corrected chi connectivity index (χ2v) is 3.84. The van der Waals surface area contributed by atoms with E-state index in [0.29, 0.717) is 0 Å². The molecule has 0 unspecified atom stereocenters. The molecule has 1 aliphatic rings. The average molecular weight is 138 g/mol. The molecule has 0 aromatic carbocycles. The zero-order chi connectivity index (χ0) is 7.61. The Kier molecular flexibility index (Phi) is 2.18. The maximum Gasteiger partial charge on any atom is -0.0265 e. The fraction of sp³-hybridized carbons (Fsp3) is 0.800. The lowest BCUT2D eigenvalue weighted by Gasteiger charge is -2.07. The standard InChI is InChI=1S/C10H18/c1-4-10(7-8-10)6-5-9(2)3/h5H,4,6-8H2,1-3H3. The fourth-order valence-corrected chi connectivity index (χ4v) is 1.30. The van der Waals surface area contributed by atoms with Crippen LogP contribution < -0.4 is 0 Å². The van der Waals surface area contributed by atoms with E-state index in [-0.39, 0.29) is 0 Å². The Morgan fingerprint density at radius 3 is 2.30 bits per heavy atom. The summed E-state index contributed by atoms with van der Waals surface area (Å²) in [6.07, 6.45) is 8.01. The Bertz CT molecular complexity index is 134. The van der Waals surface area contributed by atoms with Gasteiger partial charge in [-0.1, -0.05) is 25.0 Å². The molecule has 0 heteroatoms. The van der Waals surface area contributed by atoms with Gasteiger partial charge in [-0.05, 0) is 38.5 Å². The molecule has 10 heavy (non-hydrogen) atoms. The minimum absolute atomic E-state index is 0.747. The van der Waals surface area contributed by atoms with Gasteiger partial charge in [0, 0.05) is 0 Å². The highest BCUT2D eigenvalue weighted by Gasteiger charge is 2.38. The first-order valence-electron chi connectivity index (χ1n) is 4.32. The lowest BCUT2D eigenvalue weighted by Crippen LogP contribution is -1.94. The van der Waals surface area contributed by atoms with Gasteiger partial charge in [0.2, 0.25) is 0 Å². The Morgan fingerprint density at radius 2 is 2.00 bits per heavy atom. The largest absolute Gasteiger partial charge is 0.0853 e. The van der Waals surface area contributed by atoms with Gasteiger partial charge in [-0.15, -0.1) is 0 Å². The predicted octanol–water partition coefficient (Wildman–Crippen LogP) is 3.53. The van der Waals surface area contributed by atoms with Crippen molar-refractivity contribution in [2.24, 2.45) is 5.41 Å². The molecule has 0 atom stereocenters. The van der Waals surface area contributed by atoms with Gasteiger partial charge in [0.1, 0.15) is 0 Å². The Morgan fingerprint density at radius 1 is 1.40 bits per heavy atom. The van der Waals surface area contributed by atoms with E-state index < -0.39 is 0 Å². The van der Waals surface area contributed by atoms with Gasteiger partial charge < -0.3 is 0 Å². The Hall–Kier alpha value is -0.260. The molecular formula is C10H18. The average Bonchev–Trinajstić information content (AvgIpc) is 2.64. The van der Waals surface area contributed by atoms with Crippen molar-refractivity contribution in [1.29, 1.82) is 0 Å². The maximum atomic E-state index is 2.39. The van der Waals surface area contributed by atoms with E-state index in [9.17, 15) is 0 Å². The van der Waals surface area contributed by atoms with Crippen molar-refractivity contribution in [2.45, 2.75) is 46.5 Å². The van der Waals surface area contributed by atoms with Crippen LogP contribution in [0.2, 0.25) is 0 Å². The van der Waals surface area contributed by atoms with Gasteiger partial charge in [-0.25, -0.2) is 0 Å². The Balaban J connectivity index is 2.32. The molecule has 58 valence electrons. The minimum Gasteiger partial charge on any atom is -0.0853 e. The van der Waals surface area contributed by atoms with Crippen molar-refractivity contribution >= 4 is 0 Å². The number of rotatable bonds is 3. The first-order chi connectivity index (χ1) is 4.68. The third-order valence-electron chi connectivity index (χ3n) is 2.65. The molecule has 0 heterocycles. The summed E-state index contributed by atoms with van der Waals surface area (Å²) >= 11 is 0. The topological polar surface area (TPSA) is 0 Å². The first-order valence-corrected chi connectivity index (χ1v) is 4.32. The predicted molar refractivity (Wildman–Crippen MR) is 46.0 cm³/mol. The summed E-state index contributed by atoms with van der Waals surface area (Å²) in [6, 6.07) is 0. The molecule has 1 fully saturated rings. The van der Waals surface area contributed by atoms with Gasteiger partial charge in [0.05, 0.1) is 0 Å². The summed E-state index contributed by atoms with van der Waals surface area (Å²) in [6.45, 7) is 6.68. The lowest BCUT2D eigenvalue weighted by atomic mass is 9.98. The number of allylic oxidation sites excluding steroid dienone is 2. The van der Waals surface area contributed by atoms with Crippen LogP contribution in [0.25, 0.3) is 0 Å². The van der Waals surface area contributed by atoms with Gasteiger partial charge in [0.15, 0.2) is 0 Å². The molecule has 0 spiro atoms. The summed E-state index contributed by atoms with van der Waals surface area (Å²) in [5.74, 6) is 0. The van der Waals surface area contributed by atoms with Crippen molar-refractivity contribution in [3.63, 3.8) is 0 Å². The smallest absolute Gasteiger partial charge is 0.0265 e. The molecule has 0 aromatic rings. The van der Waals surface area contributed by atoms with Crippen LogP contribution in [0.15, 0.2) is 11.6 Å².